The molecule has 3 fully saturated rings. The lowest BCUT2D eigenvalue weighted by molar-refractivity contribution is 0.0960. The topological polar surface area (TPSA) is 74.1 Å². The molecule has 1 N–H and O–H groups in total. The van der Waals surface area contributed by atoms with Gasteiger partial charge in [-0.1, -0.05) is 25.0 Å². The van der Waals surface area contributed by atoms with Crippen molar-refractivity contribution in [2.45, 2.75) is 82.8 Å². The van der Waals surface area contributed by atoms with Gasteiger partial charge in [0.15, 0.2) is 5.82 Å². The third-order valence-electron chi connectivity index (χ3n) is 7.87. The summed E-state index contributed by atoms with van der Waals surface area (Å²) in [7, 11) is 0. The zero-order chi connectivity index (χ0) is 21.2. The molecular weight excluding hydrogens is 390 g/mol. The summed E-state index contributed by atoms with van der Waals surface area (Å²) in [5, 5.41) is 17.0. The van der Waals surface area contributed by atoms with Crippen LogP contribution in [0.3, 0.4) is 0 Å². The van der Waals surface area contributed by atoms with Gasteiger partial charge in [-0.05, 0) is 85.4 Å². The second-order valence-corrected chi connectivity index (χ2v) is 9.68. The molecule has 3 aliphatic rings. The van der Waals surface area contributed by atoms with Crippen molar-refractivity contribution >= 4 is 0 Å². The average Bonchev–Trinajstić information content (AvgIpc) is 3.57. The molecule has 1 atom stereocenters. The van der Waals surface area contributed by atoms with Gasteiger partial charge in [-0.15, -0.1) is 5.10 Å². The Kier molecular flexibility index (Phi) is 5.97. The van der Waals surface area contributed by atoms with E-state index in [1.165, 1.54) is 44.1 Å². The first kappa shape index (κ1) is 20.9. The van der Waals surface area contributed by atoms with Crippen molar-refractivity contribution in [3.05, 3.63) is 35.7 Å². The molecule has 2 aromatic rings. The number of nitrogens with one attached hydrogen (secondary N) is 1. The van der Waals surface area contributed by atoms with Gasteiger partial charge in [-0.2, -0.15) is 0 Å². The van der Waals surface area contributed by atoms with Gasteiger partial charge >= 0.3 is 0 Å². The number of aromatic nitrogens is 4. The number of ether oxygens (including phenoxy) is 2. The number of benzene rings is 1. The van der Waals surface area contributed by atoms with E-state index in [9.17, 15) is 0 Å². The van der Waals surface area contributed by atoms with E-state index in [4.69, 9.17) is 9.47 Å². The van der Waals surface area contributed by atoms with Crippen LogP contribution in [0.5, 0.6) is 5.75 Å². The lowest BCUT2D eigenvalue weighted by Gasteiger charge is -2.45. The average molecular weight is 426 g/mol. The highest BCUT2D eigenvalue weighted by atomic mass is 16.5. The van der Waals surface area contributed by atoms with Crippen LogP contribution in [-0.2, 0) is 16.8 Å². The highest BCUT2D eigenvalue weighted by Crippen LogP contribution is 2.53. The lowest BCUT2D eigenvalue weighted by atomic mass is 9.66. The molecule has 7 nitrogen and oxygen atoms in total. The summed E-state index contributed by atoms with van der Waals surface area (Å²) in [5.74, 6) is 1.92. The van der Waals surface area contributed by atoms with E-state index < -0.39 is 0 Å². The van der Waals surface area contributed by atoms with Crippen molar-refractivity contribution in [1.29, 1.82) is 0 Å². The van der Waals surface area contributed by atoms with Crippen LogP contribution < -0.4 is 10.1 Å². The van der Waals surface area contributed by atoms with Crippen LogP contribution in [0.25, 0.3) is 0 Å². The summed E-state index contributed by atoms with van der Waals surface area (Å²) in [6.45, 7) is 5.00. The predicted octanol–water partition coefficient (Wildman–Crippen LogP) is 4.15. The van der Waals surface area contributed by atoms with Gasteiger partial charge < -0.3 is 14.8 Å². The van der Waals surface area contributed by atoms with Gasteiger partial charge in [0, 0.05) is 13.2 Å². The van der Waals surface area contributed by atoms with Crippen molar-refractivity contribution in [2.75, 3.05) is 19.8 Å². The Labute approximate surface area is 184 Å². The van der Waals surface area contributed by atoms with Crippen LogP contribution in [0.4, 0.5) is 0 Å². The molecule has 1 aromatic carbocycles. The fraction of sp³-hybridized carbons (Fsp3) is 0.708. The van der Waals surface area contributed by atoms with E-state index in [1.807, 2.05) is 6.92 Å². The van der Waals surface area contributed by atoms with E-state index in [0.29, 0.717) is 18.6 Å². The molecule has 1 aromatic heterocycles. The van der Waals surface area contributed by atoms with Gasteiger partial charge in [0.25, 0.3) is 0 Å². The van der Waals surface area contributed by atoms with Crippen molar-refractivity contribution in [3.63, 3.8) is 0 Å². The maximum Gasteiger partial charge on any atom is 0.171 e. The Morgan fingerprint density at radius 2 is 1.87 bits per heavy atom. The number of nitrogens with zero attached hydrogens (tertiary/aromatic N) is 4. The predicted molar refractivity (Wildman–Crippen MR) is 118 cm³/mol. The van der Waals surface area contributed by atoms with Crippen LogP contribution in [0, 0.1) is 5.41 Å². The van der Waals surface area contributed by atoms with E-state index in [1.54, 1.807) is 0 Å². The Balaban J connectivity index is 1.38. The van der Waals surface area contributed by atoms with E-state index in [2.05, 4.69) is 49.8 Å². The zero-order valence-electron chi connectivity index (χ0n) is 18.7. The smallest absolute Gasteiger partial charge is 0.171 e. The third-order valence-corrected chi connectivity index (χ3v) is 7.87. The molecule has 0 bridgehead atoms. The molecule has 0 radical (unpaired) electrons. The molecule has 2 aliphatic carbocycles. The minimum atomic E-state index is -0.182. The Bertz CT molecular complexity index is 843. The van der Waals surface area contributed by atoms with Crippen LogP contribution >= 0.6 is 0 Å². The number of tetrazole rings is 1. The van der Waals surface area contributed by atoms with Gasteiger partial charge in [0.2, 0.25) is 0 Å². The SMILES string of the molecule is CCOc1ccc(CNC2(c3nnnn3C3CCOC3)CCC3(CCCC3)CC2)cc1. The van der Waals surface area contributed by atoms with Crippen molar-refractivity contribution < 1.29 is 9.47 Å². The Hall–Kier alpha value is -1.99. The molecule has 0 amide bonds. The minimum absolute atomic E-state index is 0.182. The van der Waals surface area contributed by atoms with Crippen molar-refractivity contribution in [1.82, 2.24) is 25.5 Å². The molecule has 7 heteroatoms. The lowest BCUT2D eigenvalue weighted by Crippen LogP contribution is -2.49. The Morgan fingerprint density at radius 1 is 1.10 bits per heavy atom. The molecule has 168 valence electrons. The molecule has 5 rings (SSSR count). The monoisotopic (exact) mass is 425 g/mol. The molecular formula is C24H35N5O2. The van der Waals surface area contributed by atoms with Crippen LogP contribution in [0.15, 0.2) is 24.3 Å². The van der Waals surface area contributed by atoms with Gasteiger partial charge in [0.1, 0.15) is 5.75 Å². The summed E-state index contributed by atoms with van der Waals surface area (Å²) in [6, 6.07) is 8.67. The summed E-state index contributed by atoms with van der Waals surface area (Å²) >= 11 is 0. The first-order valence-corrected chi connectivity index (χ1v) is 12.0. The van der Waals surface area contributed by atoms with E-state index >= 15 is 0 Å². The van der Waals surface area contributed by atoms with Gasteiger partial charge in [0.05, 0.1) is 24.8 Å². The summed E-state index contributed by atoms with van der Waals surface area (Å²) in [4.78, 5) is 0. The summed E-state index contributed by atoms with van der Waals surface area (Å²) in [6.07, 6.45) is 11.3. The number of hydrogen-bond donors (Lipinski definition) is 1. The zero-order valence-corrected chi connectivity index (χ0v) is 18.7. The maximum absolute atomic E-state index is 5.64. The number of rotatable bonds is 7. The van der Waals surface area contributed by atoms with Crippen LogP contribution in [0.1, 0.15) is 82.1 Å². The second kappa shape index (κ2) is 8.87. The van der Waals surface area contributed by atoms with Crippen molar-refractivity contribution in [3.8, 4) is 5.75 Å². The standard InChI is InChI=1S/C24H35N5O2/c1-2-31-21-7-5-19(6-8-21)17-25-24(14-12-23(13-15-24)10-3-4-11-23)22-26-27-28-29(22)20-9-16-30-18-20/h5-8,20,25H,2-4,9-18H2,1H3. The molecule has 1 aliphatic heterocycles. The number of hydrogen-bond acceptors (Lipinski definition) is 6. The highest BCUT2D eigenvalue weighted by Gasteiger charge is 2.47. The minimum Gasteiger partial charge on any atom is -0.494 e. The van der Waals surface area contributed by atoms with Gasteiger partial charge in [-0.25, -0.2) is 4.68 Å². The van der Waals surface area contributed by atoms with Crippen LogP contribution in [-0.4, -0.2) is 40.0 Å². The van der Waals surface area contributed by atoms with Crippen LogP contribution in [0.2, 0.25) is 0 Å². The fourth-order valence-electron chi connectivity index (χ4n) is 5.92. The molecule has 1 unspecified atom stereocenters. The quantitative estimate of drug-likeness (QED) is 0.718. The van der Waals surface area contributed by atoms with E-state index in [0.717, 1.165) is 44.0 Å². The third kappa shape index (κ3) is 4.22. The van der Waals surface area contributed by atoms with E-state index in [-0.39, 0.29) is 11.6 Å². The molecule has 2 heterocycles. The Morgan fingerprint density at radius 3 is 2.55 bits per heavy atom. The highest BCUT2D eigenvalue weighted by molar-refractivity contribution is 5.27. The molecule has 2 saturated carbocycles. The first-order valence-electron chi connectivity index (χ1n) is 12.0. The van der Waals surface area contributed by atoms with Crippen molar-refractivity contribution in [2.24, 2.45) is 5.41 Å². The molecule has 31 heavy (non-hydrogen) atoms. The maximum atomic E-state index is 5.64. The van der Waals surface area contributed by atoms with Gasteiger partial charge in [-0.3, -0.25) is 0 Å². The molecule has 1 saturated heterocycles. The normalized spacial score (nSPS) is 24.6. The largest absolute Gasteiger partial charge is 0.494 e. The first-order chi connectivity index (χ1) is 15.2. The molecule has 1 spiro atoms. The summed E-state index contributed by atoms with van der Waals surface area (Å²) < 4.78 is 13.3. The summed E-state index contributed by atoms with van der Waals surface area (Å²) in [5.41, 5.74) is 1.63. The fourth-order valence-corrected chi connectivity index (χ4v) is 5.92. The second-order valence-electron chi connectivity index (χ2n) is 9.68.